The van der Waals surface area contributed by atoms with Crippen molar-refractivity contribution in [1.29, 1.82) is 0 Å². The fourth-order valence-corrected chi connectivity index (χ4v) is 2.13. The van der Waals surface area contributed by atoms with E-state index in [1.807, 2.05) is 18.2 Å². The van der Waals surface area contributed by atoms with Crippen LogP contribution in [-0.4, -0.2) is 5.11 Å². The number of rotatable bonds is 1. The molecule has 1 N–H and O–H groups in total. The Morgan fingerprint density at radius 2 is 1.88 bits per heavy atom. The van der Waals surface area contributed by atoms with Crippen molar-refractivity contribution in [2.45, 2.75) is 6.42 Å². The van der Waals surface area contributed by atoms with Crippen LogP contribution < -0.4 is 0 Å². The molecule has 78 valence electrons. The fourth-order valence-electron chi connectivity index (χ4n) is 2.13. The molecule has 0 radical (unpaired) electrons. The largest absolute Gasteiger partial charge is 0.507 e. The number of phenolic OH excluding ortho intramolecular Hbond substituents is 1. The van der Waals surface area contributed by atoms with Crippen LogP contribution in [0.4, 0.5) is 0 Å². The van der Waals surface area contributed by atoms with E-state index in [2.05, 4.69) is 30.4 Å². The molecule has 1 heteroatoms. The van der Waals surface area contributed by atoms with Crippen LogP contribution in [0.25, 0.3) is 17.2 Å². The molecular formula is C15H12O. The van der Waals surface area contributed by atoms with Gasteiger partial charge in [-0.25, -0.2) is 0 Å². The van der Waals surface area contributed by atoms with E-state index in [0.717, 1.165) is 17.5 Å². The lowest BCUT2D eigenvalue weighted by Crippen LogP contribution is -1.84. The molecule has 0 bridgehead atoms. The minimum Gasteiger partial charge on any atom is -0.507 e. The Morgan fingerprint density at radius 3 is 2.75 bits per heavy atom. The van der Waals surface area contributed by atoms with Crippen LogP contribution in [0.5, 0.6) is 5.75 Å². The molecule has 0 unspecified atom stereocenters. The van der Waals surface area contributed by atoms with E-state index in [0.29, 0.717) is 5.75 Å². The Bertz CT molecular complexity index is 567. The Morgan fingerprint density at radius 1 is 1.00 bits per heavy atom. The van der Waals surface area contributed by atoms with Gasteiger partial charge in [0, 0.05) is 5.56 Å². The van der Waals surface area contributed by atoms with Gasteiger partial charge in [0.1, 0.15) is 5.75 Å². The summed E-state index contributed by atoms with van der Waals surface area (Å²) in [5.41, 5.74) is 4.59. The van der Waals surface area contributed by atoms with Crippen LogP contribution in [0.3, 0.4) is 0 Å². The average molecular weight is 208 g/mol. The number of phenols is 1. The molecule has 2 aromatic rings. The average Bonchev–Trinajstić information content (AvgIpc) is 2.76. The molecule has 0 heterocycles. The van der Waals surface area contributed by atoms with Gasteiger partial charge in [-0.3, -0.25) is 0 Å². The van der Waals surface area contributed by atoms with E-state index in [1.165, 1.54) is 11.1 Å². The van der Waals surface area contributed by atoms with Gasteiger partial charge in [-0.1, -0.05) is 42.5 Å². The van der Waals surface area contributed by atoms with Crippen molar-refractivity contribution in [3.63, 3.8) is 0 Å². The second-order valence-electron chi connectivity index (χ2n) is 4.04. The highest BCUT2D eigenvalue weighted by Crippen LogP contribution is 2.31. The summed E-state index contributed by atoms with van der Waals surface area (Å²) in [6, 6.07) is 13.8. The zero-order valence-electron chi connectivity index (χ0n) is 8.85. The summed E-state index contributed by atoms with van der Waals surface area (Å²) in [5.74, 6) is 0.337. The minimum atomic E-state index is 0.337. The van der Waals surface area contributed by atoms with Crippen LogP contribution in [0.15, 0.2) is 48.5 Å². The maximum Gasteiger partial charge on any atom is 0.123 e. The molecule has 0 amide bonds. The number of hydrogen-bond acceptors (Lipinski definition) is 1. The maximum absolute atomic E-state index is 9.79. The third kappa shape index (κ3) is 1.41. The molecule has 0 atom stereocenters. The first-order valence-electron chi connectivity index (χ1n) is 5.42. The Labute approximate surface area is 94.7 Å². The van der Waals surface area contributed by atoms with Gasteiger partial charge in [-0.15, -0.1) is 0 Å². The van der Waals surface area contributed by atoms with Crippen molar-refractivity contribution in [2.75, 3.05) is 0 Å². The number of hydrogen-bond donors (Lipinski definition) is 1. The summed E-state index contributed by atoms with van der Waals surface area (Å²) in [5, 5.41) is 9.79. The van der Waals surface area contributed by atoms with Gasteiger partial charge >= 0.3 is 0 Å². The molecule has 0 saturated carbocycles. The van der Waals surface area contributed by atoms with Gasteiger partial charge in [0.05, 0.1) is 0 Å². The molecule has 1 nitrogen and oxygen atoms in total. The molecule has 0 saturated heterocycles. The summed E-state index contributed by atoms with van der Waals surface area (Å²) in [6.45, 7) is 0. The van der Waals surface area contributed by atoms with Gasteiger partial charge in [-0.2, -0.15) is 0 Å². The van der Waals surface area contributed by atoms with Gasteiger partial charge in [0.2, 0.25) is 0 Å². The summed E-state index contributed by atoms with van der Waals surface area (Å²) in [7, 11) is 0. The highest BCUT2D eigenvalue weighted by Gasteiger charge is 2.08. The first-order valence-corrected chi connectivity index (χ1v) is 5.42. The third-order valence-corrected chi connectivity index (χ3v) is 3.00. The van der Waals surface area contributed by atoms with Crippen LogP contribution in [0.1, 0.15) is 11.1 Å². The van der Waals surface area contributed by atoms with Crippen molar-refractivity contribution >= 4 is 6.08 Å². The van der Waals surface area contributed by atoms with Crippen molar-refractivity contribution in [3.8, 4) is 16.9 Å². The smallest absolute Gasteiger partial charge is 0.123 e. The van der Waals surface area contributed by atoms with E-state index in [9.17, 15) is 5.11 Å². The Balaban J connectivity index is 2.14. The van der Waals surface area contributed by atoms with E-state index in [4.69, 9.17) is 0 Å². The van der Waals surface area contributed by atoms with Crippen molar-refractivity contribution in [3.05, 3.63) is 59.7 Å². The number of benzene rings is 2. The highest BCUT2D eigenvalue weighted by molar-refractivity contribution is 5.74. The van der Waals surface area contributed by atoms with Crippen LogP contribution in [0.2, 0.25) is 0 Å². The normalized spacial score (nSPS) is 12.8. The molecule has 0 spiro atoms. The number of fused-ring (bicyclic) bond motifs is 1. The summed E-state index contributed by atoms with van der Waals surface area (Å²) < 4.78 is 0. The predicted molar refractivity (Wildman–Crippen MR) is 66.3 cm³/mol. The molecule has 2 aromatic carbocycles. The van der Waals surface area contributed by atoms with Crippen molar-refractivity contribution in [1.82, 2.24) is 0 Å². The van der Waals surface area contributed by atoms with E-state index in [-0.39, 0.29) is 0 Å². The van der Waals surface area contributed by atoms with E-state index >= 15 is 0 Å². The quantitative estimate of drug-likeness (QED) is 0.758. The molecule has 1 aliphatic carbocycles. The Hall–Kier alpha value is -2.02. The van der Waals surface area contributed by atoms with E-state index < -0.39 is 0 Å². The molecule has 3 rings (SSSR count). The second kappa shape index (κ2) is 3.53. The summed E-state index contributed by atoms with van der Waals surface area (Å²) in [4.78, 5) is 0. The van der Waals surface area contributed by atoms with Crippen LogP contribution in [-0.2, 0) is 6.42 Å². The molecule has 0 aliphatic heterocycles. The summed E-state index contributed by atoms with van der Waals surface area (Å²) in [6.07, 6.45) is 5.33. The van der Waals surface area contributed by atoms with Crippen LogP contribution >= 0.6 is 0 Å². The van der Waals surface area contributed by atoms with Crippen molar-refractivity contribution in [2.24, 2.45) is 0 Å². The van der Waals surface area contributed by atoms with Crippen LogP contribution in [0, 0.1) is 0 Å². The number of para-hydroxylation sites is 1. The van der Waals surface area contributed by atoms with Gasteiger partial charge in [0.15, 0.2) is 0 Å². The highest BCUT2D eigenvalue weighted by atomic mass is 16.3. The lowest BCUT2D eigenvalue weighted by atomic mass is 10.00. The zero-order valence-corrected chi connectivity index (χ0v) is 8.85. The van der Waals surface area contributed by atoms with Crippen molar-refractivity contribution < 1.29 is 5.11 Å². The Kier molecular flexibility index (Phi) is 2.03. The lowest BCUT2D eigenvalue weighted by molar-refractivity contribution is 0.477. The van der Waals surface area contributed by atoms with E-state index in [1.54, 1.807) is 6.07 Å². The van der Waals surface area contributed by atoms with Gasteiger partial charge in [-0.05, 0) is 35.2 Å². The predicted octanol–water partition coefficient (Wildman–Crippen LogP) is 3.63. The third-order valence-electron chi connectivity index (χ3n) is 3.00. The lowest BCUT2D eigenvalue weighted by Gasteiger charge is -2.06. The second-order valence-corrected chi connectivity index (χ2v) is 4.04. The molecular weight excluding hydrogens is 196 g/mol. The first-order chi connectivity index (χ1) is 7.84. The number of allylic oxidation sites excluding steroid dienone is 1. The molecule has 1 aliphatic rings. The minimum absolute atomic E-state index is 0.337. The SMILES string of the molecule is Oc1ccccc1-c1ccc2c(c1)C=CC2. The molecule has 16 heavy (non-hydrogen) atoms. The zero-order chi connectivity index (χ0) is 11.0. The molecule has 0 aromatic heterocycles. The van der Waals surface area contributed by atoms with Gasteiger partial charge < -0.3 is 5.11 Å². The van der Waals surface area contributed by atoms with Gasteiger partial charge in [0.25, 0.3) is 0 Å². The fraction of sp³-hybridized carbons (Fsp3) is 0.0667. The topological polar surface area (TPSA) is 20.2 Å². The monoisotopic (exact) mass is 208 g/mol. The molecule has 0 fully saturated rings. The standard InChI is InChI=1S/C15H12O/c16-15-7-2-1-6-14(15)13-9-8-11-4-3-5-12(11)10-13/h1-3,5-10,16H,4H2. The number of aromatic hydroxyl groups is 1. The first kappa shape index (κ1) is 9.22. The maximum atomic E-state index is 9.79. The summed E-state index contributed by atoms with van der Waals surface area (Å²) >= 11 is 0.